The number of ether oxygens (including phenoxy) is 2. The molecule has 0 unspecified atom stereocenters. The van der Waals surface area contributed by atoms with Gasteiger partial charge in [0.1, 0.15) is 0 Å². The minimum Gasteiger partial charge on any atom is -0.490 e. The van der Waals surface area contributed by atoms with Crippen LogP contribution >= 0.6 is 0 Å². The first-order valence-corrected chi connectivity index (χ1v) is 9.81. The average molecular weight is 397 g/mol. The molecular formula is C22H27N3O4. The van der Waals surface area contributed by atoms with Crippen LogP contribution in [0.4, 0.5) is 0 Å². The summed E-state index contributed by atoms with van der Waals surface area (Å²) in [5.41, 5.74) is 3.89. The van der Waals surface area contributed by atoms with Crippen LogP contribution in [0.15, 0.2) is 40.9 Å². The second kappa shape index (κ2) is 10.0. The van der Waals surface area contributed by atoms with Crippen LogP contribution < -0.4 is 14.8 Å². The van der Waals surface area contributed by atoms with E-state index in [0.717, 1.165) is 22.3 Å². The average Bonchev–Trinajstić information content (AvgIpc) is 3.20. The van der Waals surface area contributed by atoms with Gasteiger partial charge in [0, 0.05) is 24.2 Å². The highest BCUT2D eigenvalue weighted by Crippen LogP contribution is 2.33. The Morgan fingerprint density at radius 3 is 2.55 bits per heavy atom. The van der Waals surface area contributed by atoms with Gasteiger partial charge in [0.15, 0.2) is 11.5 Å². The summed E-state index contributed by atoms with van der Waals surface area (Å²) in [4.78, 5) is 4.57. The van der Waals surface area contributed by atoms with Crippen molar-refractivity contribution >= 4 is 0 Å². The van der Waals surface area contributed by atoms with Crippen LogP contribution in [0, 0.1) is 6.92 Å². The third-order valence-electron chi connectivity index (χ3n) is 4.37. The molecule has 0 aliphatic carbocycles. The van der Waals surface area contributed by atoms with Gasteiger partial charge in [0.2, 0.25) is 5.82 Å². The van der Waals surface area contributed by atoms with Crippen molar-refractivity contribution in [1.82, 2.24) is 15.5 Å². The Hall–Kier alpha value is -2.90. The summed E-state index contributed by atoms with van der Waals surface area (Å²) < 4.78 is 16.8. The van der Waals surface area contributed by atoms with E-state index in [9.17, 15) is 0 Å². The second-order valence-corrected chi connectivity index (χ2v) is 6.50. The molecule has 0 radical (unpaired) electrons. The number of aromatic nitrogens is 2. The molecule has 0 spiro atoms. The molecule has 0 aliphatic rings. The number of hydrogen-bond donors (Lipinski definition) is 2. The van der Waals surface area contributed by atoms with Crippen LogP contribution in [-0.2, 0) is 6.54 Å². The molecule has 1 heterocycles. The summed E-state index contributed by atoms with van der Waals surface area (Å²) in [6, 6.07) is 11.7. The van der Waals surface area contributed by atoms with Gasteiger partial charge in [-0.05, 0) is 50.1 Å². The minimum absolute atomic E-state index is 0.124. The molecule has 0 saturated heterocycles. The fourth-order valence-electron chi connectivity index (χ4n) is 3.03. The molecule has 0 fully saturated rings. The Kier molecular flexibility index (Phi) is 7.21. The van der Waals surface area contributed by atoms with Crippen LogP contribution in [0.5, 0.6) is 11.5 Å². The largest absolute Gasteiger partial charge is 0.490 e. The Morgan fingerprint density at radius 1 is 1.03 bits per heavy atom. The summed E-state index contributed by atoms with van der Waals surface area (Å²) in [5, 5.41) is 16.2. The van der Waals surface area contributed by atoms with Gasteiger partial charge in [-0.1, -0.05) is 23.4 Å². The number of hydrogen-bond acceptors (Lipinski definition) is 7. The van der Waals surface area contributed by atoms with Crippen molar-refractivity contribution in [1.29, 1.82) is 0 Å². The lowest BCUT2D eigenvalue weighted by Crippen LogP contribution is -2.17. The highest BCUT2D eigenvalue weighted by atomic mass is 16.5. The van der Waals surface area contributed by atoms with Gasteiger partial charge in [-0.3, -0.25) is 0 Å². The highest BCUT2D eigenvalue weighted by Gasteiger charge is 2.15. The van der Waals surface area contributed by atoms with Crippen molar-refractivity contribution in [2.24, 2.45) is 0 Å². The number of aliphatic hydroxyl groups excluding tert-OH is 1. The summed E-state index contributed by atoms with van der Waals surface area (Å²) in [5.74, 6) is 2.32. The van der Waals surface area contributed by atoms with Crippen molar-refractivity contribution < 1.29 is 19.1 Å². The molecule has 3 rings (SSSR count). The van der Waals surface area contributed by atoms with E-state index in [1.807, 2.05) is 51.1 Å². The number of nitrogens with one attached hydrogen (secondary N) is 1. The van der Waals surface area contributed by atoms with Gasteiger partial charge in [-0.25, -0.2) is 0 Å². The quantitative estimate of drug-likeness (QED) is 0.505. The third kappa shape index (κ3) is 5.13. The zero-order valence-electron chi connectivity index (χ0n) is 17.1. The topological polar surface area (TPSA) is 89.6 Å². The van der Waals surface area contributed by atoms with Crippen LogP contribution in [-0.4, -0.2) is 41.6 Å². The first kappa shape index (κ1) is 20.8. The molecule has 29 heavy (non-hydrogen) atoms. The maximum absolute atomic E-state index is 8.87. The maximum atomic E-state index is 8.87. The summed E-state index contributed by atoms with van der Waals surface area (Å²) in [6.45, 7) is 8.38. The lowest BCUT2D eigenvalue weighted by atomic mass is 10.0. The third-order valence-corrected chi connectivity index (χ3v) is 4.37. The van der Waals surface area contributed by atoms with E-state index in [0.29, 0.717) is 49.5 Å². The van der Waals surface area contributed by atoms with E-state index < -0.39 is 0 Å². The van der Waals surface area contributed by atoms with E-state index in [2.05, 4.69) is 21.5 Å². The molecule has 0 amide bonds. The fourth-order valence-corrected chi connectivity index (χ4v) is 3.03. The second-order valence-electron chi connectivity index (χ2n) is 6.50. The van der Waals surface area contributed by atoms with Gasteiger partial charge in [0.25, 0.3) is 5.89 Å². The number of rotatable bonds is 10. The monoisotopic (exact) mass is 397 g/mol. The van der Waals surface area contributed by atoms with Crippen molar-refractivity contribution in [2.45, 2.75) is 27.3 Å². The predicted molar refractivity (Wildman–Crippen MR) is 111 cm³/mol. The van der Waals surface area contributed by atoms with E-state index >= 15 is 0 Å². The lowest BCUT2D eigenvalue weighted by molar-refractivity contribution is 0.288. The van der Waals surface area contributed by atoms with Crippen molar-refractivity contribution in [3.05, 3.63) is 47.5 Å². The van der Waals surface area contributed by atoms with Gasteiger partial charge in [0.05, 0.1) is 19.8 Å². The fraction of sp³-hybridized carbons (Fsp3) is 0.364. The van der Waals surface area contributed by atoms with Crippen molar-refractivity contribution in [3.8, 4) is 34.3 Å². The molecule has 1 aromatic heterocycles. The summed E-state index contributed by atoms with van der Waals surface area (Å²) in [7, 11) is 0. The number of nitrogens with zero attached hydrogens (tertiary/aromatic N) is 2. The van der Waals surface area contributed by atoms with E-state index in [1.165, 1.54) is 0 Å². The normalized spacial score (nSPS) is 10.9. The molecule has 2 aromatic carbocycles. The molecule has 7 heteroatoms. The standard InChI is InChI=1S/C22H27N3O4/c1-4-27-19-9-7-17(13-20(19)28-5-2)22-24-21(25-29-22)18-8-6-16(12-15(18)3)14-23-10-11-26/h6-9,12-13,23,26H,4-5,10-11,14H2,1-3H3. The Bertz CT molecular complexity index is 940. The molecular weight excluding hydrogens is 370 g/mol. The highest BCUT2D eigenvalue weighted by molar-refractivity contribution is 5.65. The van der Waals surface area contributed by atoms with E-state index in [4.69, 9.17) is 19.1 Å². The molecule has 2 N–H and O–H groups in total. The molecule has 7 nitrogen and oxygen atoms in total. The summed E-state index contributed by atoms with van der Waals surface area (Å²) in [6.07, 6.45) is 0. The summed E-state index contributed by atoms with van der Waals surface area (Å²) >= 11 is 0. The maximum Gasteiger partial charge on any atom is 0.258 e. The van der Waals surface area contributed by atoms with Crippen LogP contribution in [0.1, 0.15) is 25.0 Å². The predicted octanol–water partition coefficient (Wildman–Crippen LogP) is 3.59. The van der Waals surface area contributed by atoms with Gasteiger partial charge >= 0.3 is 0 Å². The molecule has 0 saturated carbocycles. The van der Waals surface area contributed by atoms with Crippen molar-refractivity contribution in [3.63, 3.8) is 0 Å². The Morgan fingerprint density at radius 2 is 1.83 bits per heavy atom. The zero-order chi connectivity index (χ0) is 20.6. The number of aliphatic hydroxyl groups is 1. The van der Waals surface area contributed by atoms with E-state index in [1.54, 1.807) is 0 Å². The lowest BCUT2D eigenvalue weighted by Gasteiger charge is -2.11. The Labute approximate surface area is 170 Å². The zero-order valence-corrected chi connectivity index (χ0v) is 17.1. The molecule has 0 aliphatic heterocycles. The smallest absolute Gasteiger partial charge is 0.258 e. The van der Waals surface area contributed by atoms with Crippen LogP contribution in [0.2, 0.25) is 0 Å². The first-order valence-electron chi connectivity index (χ1n) is 9.81. The van der Waals surface area contributed by atoms with E-state index in [-0.39, 0.29) is 6.61 Å². The van der Waals surface area contributed by atoms with Crippen LogP contribution in [0.3, 0.4) is 0 Å². The molecule has 154 valence electrons. The number of benzene rings is 2. The van der Waals surface area contributed by atoms with Gasteiger partial charge in [-0.2, -0.15) is 4.98 Å². The van der Waals surface area contributed by atoms with Gasteiger partial charge < -0.3 is 24.4 Å². The molecule has 0 bridgehead atoms. The molecule has 0 atom stereocenters. The Balaban J connectivity index is 1.83. The SMILES string of the molecule is CCOc1ccc(-c2nc(-c3ccc(CNCCO)cc3C)no2)cc1OCC. The number of aryl methyl sites for hydroxylation is 1. The van der Waals surface area contributed by atoms with Gasteiger partial charge in [-0.15, -0.1) is 0 Å². The first-order chi connectivity index (χ1) is 14.2. The minimum atomic E-state index is 0.124. The van der Waals surface area contributed by atoms with Crippen LogP contribution in [0.25, 0.3) is 22.8 Å². The molecule has 3 aromatic rings. The van der Waals surface area contributed by atoms with Crippen molar-refractivity contribution in [2.75, 3.05) is 26.4 Å².